The Bertz CT molecular complexity index is 291. The fourth-order valence-corrected chi connectivity index (χ4v) is 3.13. The van der Waals surface area contributed by atoms with Crippen molar-refractivity contribution in [3.63, 3.8) is 0 Å². The van der Waals surface area contributed by atoms with Crippen molar-refractivity contribution in [3.05, 3.63) is 12.2 Å². The highest BCUT2D eigenvalue weighted by Gasteiger charge is 2.69. The first-order chi connectivity index (χ1) is 6.51. The summed E-state index contributed by atoms with van der Waals surface area (Å²) < 4.78 is 0. The number of carboxylic acids is 1. The van der Waals surface area contributed by atoms with Gasteiger partial charge in [0.05, 0.1) is 5.41 Å². The first-order valence-corrected chi connectivity index (χ1v) is 5.39. The third kappa shape index (κ3) is 1.13. The molecule has 2 nitrogen and oxygen atoms in total. The van der Waals surface area contributed by atoms with Crippen LogP contribution in [0.4, 0.5) is 0 Å². The van der Waals surface area contributed by atoms with Crippen LogP contribution in [0.3, 0.4) is 0 Å². The van der Waals surface area contributed by atoms with Crippen LogP contribution in [0.15, 0.2) is 12.2 Å². The van der Waals surface area contributed by atoms with E-state index < -0.39 is 11.4 Å². The van der Waals surface area contributed by atoms with Crippen molar-refractivity contribution in [1.29, 1.82) is 0 Å². The highest BCUT2D eigenvalue weighted by atomic mass is 16.4. The third-order valence-electron chi connectivity index (χ3n) is 4.15. The molecule has 2 aliphatic rings. The van der Waals surface area contributed by atoms with Gasteiger partial charge in [0.1, 0.15) is 0 Å². The van der Waals surface area contributed by atoms with Gasteiger partial charge in [-0.1, -0.05) is 26.0 Å². The number of allylic oxidation sites excluding steroid dienone is 2. The van der Waals surface area contributed by atoms with Gasteiger partial charge in [-0.2, -0.15) is 0 Å². The molecule has 0 aromatic heterocycles. The fraction of sp³-hybridized carbons (Fsp3) is 0.750. The maximum atomic E-state index is 11.4. The third-order valence-corrected chi connectivity index (χ3v) is 4.15. The Morgan fingerprint density at radius 1 is 1.43 bits per heavy atom. The van der Waals surface area contributed by atoms with Gasteiger partial charge in [0.15, 0.2) is 0 Å². The molecule has 1 N–H and O–H groups in total. The lowest BCUT2D eigenvalue weighted by Gasteiger charge is -2.27. The molecule has 2 aliphatic carbocycles. The summed E-state index contributed by atoms with van der Waals surface area (Å²) in [6.07, 6.45) is 8.22. The summed E-state index contributed by atoms with van der Waals surface area (Å²) in [5.41, 5.74) is -0.410. The lowest BCUT2D eigenvalue weighted by molar-refractivity contribution is -0.147. The van der Waals surface area contributed by atoms with Crippen molar-refractivity contribution in [1.82, 2.24) is 0 Å². The molecule has 78 valence electrons. The fourth-order valence-electron chi connectivity index (χ4n) is 3.13. The molecule has 2 atom stereocenters. The van der Waals surface area contributed by atoms with Crippen molar-refractivity contribution in [2.24, 2.45) is 16.7 Å². The first kappa shape index (κ1) is 9.75. The second-order valence-electron chi connectivity index (χ2n) is 5.32. The first-order valence-electron chi connectivity index (χ1n) is 5.39. The number of rotatable bonds is 2. The molecule has 0 amide bonds. The highest BCUT2D eigenvalue weighted by molar-refractivity contribution is 5.80. The molecule has 0 saturated heterocycles. The van der Waals surface area contributed by atoms with Crippen LogP contribution < -0.4 is 0 Å². The average molecular weight is 194 g/mol. The Kier molecular flexibility index (Phi) is 1.98. The summed E-state index contributed by atoms with van der Waals surface area (Å²) in [7, 11) is 0. The molecule has 0 spiro atoms. The lowest BCUT2D eigenvalue weighted by atomic mass is 9.76. The van der Waals surface area contributed by atoms with E-state index in [4.69, 9.17) is 0 Å². The van der Waals surface area contributed by atoms with Gasteiger partial charge in [0, 0.05) is 0 Å². The van der Waals surface area contributed by atoms with Crippen LogP contribution >= 0.6 is 0 Å². The van der Waals surface area contributed by atoms with Gasteiger partial charge in [-0.3, -0.25) is 4.79 Å². The van der Waals surface area contributed by atoms with E-state index in [0.717, 1.165) is 25.7 Å². The van der Waals surface area contributed by atoms with Gasteiger partial charge >= 0.3 is 5.97 Å². The number of carboxylic acid groups (broad SMARTS) is 1. The Balaban J connectivity index is 2.22. The molecular weight excluding hydrogens is 176 g/mol. The van der Waals surface area contributed by atoms with Crippen molar-refractivity contribution < 1.29 is 9.90 Å². The van der Waals surface area contributed by atoms with Crippen LogP contribution in [-0.4, -0.2) is 11.1 Å². The minimum Gasteiger partial charge on any atom is -0.481 e. The zero-order chi connectivity index (χ0) is 10.4. The molecule has 1 saturated carbocycles. The van der Waals surface area contributed by atoms with Crippen molar-refractivity contribution in [2.75, 3.05) is 0 Å². The molecule has 0 radical (unpaired) electrons. The van der Waals surface area contributed by atoms with Gasteiger partial charge < -0.3 is 5.11 Å². The quantitative estimate of drug-likeness (QED) is 0.686. The second kappa shape index (κ2) is 2.85. The SMILES string of the molecule is CC1(C)CC1(C(=O)O)C1CC=CCC1. The Morgan fingerprint density at radius 2 is 2.07 bits per heavy atom. The smallest absolute Gasteiger partial charge is 0.310 e. The van der Waals surface area contributed by atoms with Gasteiger partial charge in [-0.15, -0.1) is 0 Å². The molecule has 1 fully saturated rings. The molecule has 2 unspecified atom stereocenters. The molecule has 14 heavy (non-hydrogen) atoms. The molecule has 0 aromatic carbocycles. The van der Waals surface area contributed by atoms with E-state index >= 15 is 0 Å². The summed E-state index contributed by atoms with van der Waals surface area (Å²) in [6.45, 7) is 4.17. The van der Waals surface area contributed by atoms with E-state index in [-0.39, 0.29) is 5.41 Å². The zero-order valence-corrected chi connectivity index (χ0v) is 8.92. The predicted octanol–water partition coefficient (Wildman–Crippen LogP) is 2.84. The topological polar surface area (TPSA) is 37.3 Å². The van der Waals surface area contributed by atoms with Gasteiger partial charge in [-0.25, -0.2) is 0 Å². The van der Waals surface area contributed by atoms with Crippen LogP contribution in [0, 0.1) is 16.7 Å². The molecule has 0 aromatic rings. The van der Waals surface area contributed by atoms with E-state index in [0.29, 0.717) is 5.92 Å². The van der Waals surface area contributed by atoms with Gasteiger partial charge in [-0.05, 0) is 37.0 Å². The monoisotopic (exact) mass is 194 g/mol. The maximum absolute atomic E-state index is 11.4. The van der Waals surface area contributed by atoms with E-state index in [9.17, 15) is 9.90 Å². The van der Waals surface area contributed by atoms with Crippen molar-refractivity contribution >= 4 is 5.97 Å². The zero-order valence-electron chi connectivity index (χ0n) is 8.92. The van der Waals surface area contributed by atoms with Crippen molar-refractivity contribution in [2.45, 2.75) is 39.5 Å². The van der Waals surface area contributed by atoms with Gasteiger partial charge in [0.2, 0.25) is 0 Å². The molecule has 2 heteroatoms. The minimum absolute atomic E-state index is 0.00861. The lowest BCUT2D eigenvalue weighted by Crippen LogP contribution is -2.30. The predicted molar refractivity (Wildman–Crippen MR) is 54.9 cm³/mol. The molecule has 0 aliphatic heterocycles. The summed E-state index contributed by atoms with van der Waals surface area (Å²) in [5.74, 6) is -0.220. The summed E-state index contributed by atoms with van der Waals surface area (Å²) in [6, 6.07) is 0. The average Bonchev–Trinajstić information content (AvgIpc) is 2.72. The second-order valence-corrected chi connectivity index (χ2v) is 5.32. The van der Waals surface area contributed by atoms with E-state index in [1.54, 1.807) is 0 Å². The van der Waals surface area contributed by atoms with Crippen LogP contribution in [0.25, 0.3) is 0 Å². The van der Waals surface area contributed by atoms with E-state index in [1.165, 1.54) is 0 Å². The van der Waals surface area contributed by atoms with Crippen LogP contribution in [-0.2, 0) is 4.79 Å². The Morgan fingerprint density at radius 3 is 2.43 bits per heavy atom. The number of carbonyl (C=O) groups is 1. The van der Waals surface area contributed by atoms with E-state index in [2.05, 4.69) is 26.0 Å². The molecule has 0 bridgehead atoms. The maximum Gasteiger partial charge on any atom is 0.310 e. The minimum atomic E-state index is -0.581. The highest BCUT2D eigenvalue weighted by Crippen LogP contribution is 2.69. The number of hydrogen-bond acceptors (Lipinski definition) is 1. The van der Waals surface area contributed by atoms with Crippen LogP contribution in [0.1, 0.15) is 39.5 Å². The van der Waals surface area contributed by atoms with Crippen molar-refractivity contribution in [3.8, 4) is 0 Å². The summed E-state index contributed by atoms with van der Waals surface area (Å²) in [4.78, 5) is 11.4. The number of aliphatic carboxylic acids is 1. The van der Waals surface area contributed by atoms with Gasteiger partial charge in [0.25, 0.3) is 0 Å². The molecular formula is C12H18O2. The van der Waals surface area contributed by atoms with E-state index in [1.807, 2.05) is 0 Å². The van der Waals surface area contributed by atoms with Crippen LogP contribution in [0.5, 0.6) is 0 Å². The largest absolute Gasteiger partial charge is 0.481 e. The summed E-state index contributed by atoms with van der Waals surface area (Å²) >= 11 is 0. The Labute approximate surface area is 85.0 Å². The molecule has 0 heterocycles. The normalized spacial score (nSPS) is 39.4. The molecule has 2 rings (SSSR count). The Hall–Kier alpha value is -0.790. The summed E-state index contributed by atoms with van der Waals surface area (Å²) in [5, 5.41) is 9.37. The number of hydrogen-bond donors (Lipinski definition) is 1. The van der Waals surface area contributed by atoms with Crippen LogP contribution in [0.2, 0.25) is 0 Å². The standard InChI is InChI=1S/C12H18O2/c1-11(2)8-12(11,10(13)14)9-6-4-3-5-7-9/h3-4,9H,5-8H2,1-2H3,(H,13,14).